The maximum absolute atomic E-state index is 13.0. The molecule has 8 heteroatoms. The summed E-state index contributed by atoms with van der Waals surface area (Å²) >= 11 is 0. The van der Waals surface area contributed by atoms with Gasteiger partial charge in [-0.05, 0) is 37.6 Å². The number of carbonyl (C=O) groups excluding carboxylic acids is 1. The summed E-state index contributed by atoms with van der Waals surface area (Å²) in [5.74, 6) is 0.425. The molecule has 3 N–H and O–H groups in total. The predicted molar refractivity (Wildman–Crippen MR) is 94.2 cm³/mol. The van der Waals surface area contributed by atoms with Crippen molar-refractivity contribution < 1.29 is 15.0 Å². The quantitative estimate of drug-likeness (QED) is 0.657. The molecule has 26 heavy (non-hydrogen) atoms. The van der Waals surface area contributed by atoms with E-state index in [1.54, 1.807) is 30.0 Å². The number of nitrogens with one attached hydrogen (secondary N) is 1. The highest BCUT2D eigenvalue weighted by Crippen LogP contribution is 2.21. The molecule has 136 valence electrons. The number of imidazole rings is 1. The summed E-state index contributed by atoms with van der Waals surface area (Å²) in [6, 6.07) is 7.18. The largest absolute Gasteiger partial charge is 0.388 e. The second-order valence-electron chi connectivity index (χ2n) is 6.61. The molecule has 0 radical (unpaired) electrons. The molecule has 1 aliphatic rings. The standard InChI is InChI=1S/C18H21N5O3/c1-11(25)15-8-13-9-22(5-2-6-23(13)21-15)18(26)12-3-4-14-16(7-12)20-17(10-24)19-14/h3-4,7-8,11,24-25H,2,5-6,9-10H2,1H3,(H,19,20)/t11-/m1/s1. The summed E-state index contributed by atoms with van der Waals surface area (Å²) in [6.07, 6.45) is 0.183. The summed E-state index contributed by atoms with van der Waals surface area (Å²) < 4.78 is 1.88. The summed E-state index contributed by atoms with van der Waals surface area (Å²) in [6.45, 7) is 3.35. The third kappa shape index (κ3) is 2.97. The van der Waals surface area contributed by atoms with Crippen LogP contribution in [-0.2, 0) is 19.7 Å². The van der Waals surface area contributed by atoms with Gasteiger partial charge in [-0.1, -0.05) is 0 Å². The van der Waals surface area contributed by atoms with Crippen molar-refractivity contribution in [2.75, 3.05) is 6.54 Å². The van der Waals surface area contributed by atoms with E-state index in [0.29, 0.717) is 30.2 Å². The van der Waals surface area contributed by atoms with Crippen LogP contribution >= 0.6 is 0 Å². The number of hydrogen-bond acceptors (Lipinski definition) is 5. The molecule has 1 amide bonds. The smallest absolute Gasteiger partial charge is 0.254 e. The van der Waals surface area contributed by atoms with Gasteiger partial charge in [0.25, 0.3) is 5.91 Å². The molecule has 1 atom stereocenters. The number of H-pyrrole nitrogens is 1. The molecular weight excluding hydrogens is 334 g/mol. The average molecular weight is 355 g/mol. The van der Waals surface area contributed by atoms with Gasteiger partial charge in [0, 0.05) is 18.7 Å². The first-order valence-corrected chi connectivity index (χ1v) is 8.68. The molecule has 1 aliphatic heterocycles. The topological polar surface area (TPSA) is 107 Å². The molecule has 2 aromatic heterocycles. The van der Waals surface area contributed by atoms with Crippen molar-refractivity contribution >= 4 is 16.9 Å². The average Bonchev–Trinajstić information content (AvgIpc) is 3.18. The minimum absolute atomic E-state index is 0.0553. The summed E-state index contributed by atoms with van der Waals surface area (Å²) in [4.78, 5) is 22.0. The first-order chi connectivity index (χ1) is 12.5. The van der Waals surface area contributed by atoms with Crippen LogP contribution in [0.3, 0.4) is 0 Å². The Hall–Kier alpha value is -2.71. The number of hydrogen-bond donors (Lipinski definition) is 3. The van der Waals surface area contributed by atoms with E-state index in [2.05, 4.69) is 15.1 Å². The maximum Gasteiger partial charge on any atom is 0.254 e. The minimum Gasteiger partial charge on any atom is -0.388 e. The zero-order valence-electron chi connectivity index (χ0n) is 14.5. The molecule has 8 nitrogen and oxygen atoms in total. The van der Waals surface area contributed by atoms with Gasteiger partial charge in [0.1, 0.15) is 12.4 Å². The Kier molecular flexibility index (Phi) is 4.21. The third-order valence-corrected chi connectivity index (χ3v) is 4.68. The van der Waals surface area contributed by atoms with Crippen molar-refractivity contribution in [2.24, 2.45) is 0 Å². The molecule has 0 aliphatic carbocycles. The second kappa shape index (κ2) is 6.54. The lowest BCUT2D eigenvalue weighted by molar-refractivity contribution is 0.0746. The Morgan fingerprint density at radius 1 is 1.35 bits per heavy atom. The van der Waals surface area contributed by atoms with Gasteiger partial charge < -0.3 is 20.1 Å². The summed E-state index contributed by atoms with van der Waals surface area (Å²) in [5, 5.41) is 23.3. The number of carbonyl (C=O) groups is 1. The molecular formula is C18H21N5O3. The van der Waals surface area contributed by atoms with Crippen LogP contribution in [0.25, 0.3) is 11.0 Å². The van der Waals surface area contributed by atoms with Crippen LogP contribution in [-0.4, -0.2) is 47.3 Å². The fourth-order valence-electron chi connectivity index (χ4n) is 3.31. The van der Waals surface area contributed by atoms with Crippen LogP contribution in [0.1, 0.15) is 47.0 Å². The first-order valence-electron chi connectivity index (χ1n) is 8.68. The van der Waals surface area contributed by atoms with Crippen LogP contribution in [0.5, 0.6) is 0 Å². The molecule has 4 rings (SSSR count). The molecule has 1 aromatic carbocycles. The molecule has 3 aromatic rings. The van der Waals surface area contributed by atoms with Crippen molar-refractivity contribution in [3.8, 4) is 0 Å². The first kappa shape index (κ1) is 16.7. The zero-order valence-corrected chi connectivity index (χ0v) is 14.5. The van der Waals surface area contributed by atoms with E-state index in [-0.39, 0.29) is 12.5 Å². The number of rotatable bonds is 3. The van der Waals surface area contributed by atoms with E-state index < -0.39 is 6.10 Å². The van der Waals surface area contributed by atoms with Gasteiger partial charge in [-0.2, -0.15) is 5.10 Å². The molecule has 0 saturated carbocycles. The SMILES string of the molecule is C[C@@H](O)c1cc2n(n1)CCCN(C(=O)c1ccc3nc(CO)[nH]c3c1)C2. The summed E-state index contributed by atoms with van der Waals surface area (Å²) in [7, 11) is 0. The monoisotopic (exact) mass is 355 g/mol. The number of amides is 1. The molecule has 0 spiro atoms. The molecule has 0 unspecified atom stereocenters. The van der Waals surface area contributed by atoms with E-state index in [1.165, 1.54) is 0 Å². The number of nitrogens with zero attached hydrogens (tertiary/aromatic N) is 4. The van der Waals surface area contributed by atoms with Gasteiger partial charge in [-0.3, -0.25) is 9.48 Å². The van der Waals surface area contributed by atoms with Crippen LogP contribution in [0.15, 0.2) is 24.3 Å². The van der Waals surface area contributed by atoms with E-state index in [1.807, 2.05) is 10.7 Å². The molecule has 0 saturated heterocycles. The number of aromatic nitrogens is 4. The van der Waals surface area contributed by atoms with Crippen LogP contribution in [0.2, 0.25) is 0 Å². The Labute approximate surface area is 150 Å². The van der Waals surface area contributed by atoms with Crippen molar-refractivity contribution in [2.45, 2.75) is 39.1 Å². The fourth-order valence-corrected chi connectivity index (χ4v) is 3.31. The lowest BCUT2D eigenvalue weighted by Gasteiger charge is -2.20. The van der Waals surface area contributed by atoms with Crippen molar-refractivity contribution in [3.63, 3.8) is 0 Å². The lowest BCUT2D eigenvalue weighted by Crippen LogP contribution is -2.30. The van der Waals surface area contributed by atoms with E-state index in [4.69, 9.17) is 0 Å². The maximum atomic E-state index is 13.0. The van der Waals surface area contributed by atoms with Crippen molar-refractivity contribution in [3.05, 3.63) is 47.0 Å². The fraction of sp³-hybridized carbons (Fsp3) is 0.389. The lowest BCUT2D eigenvalue weighted by atomic mass is 10.1. The predicted octanol–water partition coefficient (Wildman–Crippen LogP) is 1.35. The normalized spacial score (nSPS) is 15.7. The highest BCUT2D eigenvalue weighted by molar-refractivity contribution is 5.97. The van der Waals surface area contributed by atoms with Gasteiger partial charge in [0.05, 0.1) is 35.1 Å². The van der Waals surface area contributed by atoms with Crippen LogP contribution < -0.4 is 0 Å². The van der Waals surface area contributed by atoms with Gasteiger partial charge in [-0.15, -0.1) is 0 Å². The van der Waals surface area contributed by atoms with Gasteiger partial charge in [0.2, 0.25) is 0 Å². The van der Waals surface area contributed by atoms with E-state index in [0.717, 1.165) is 29.7 Å². The number of aliphatic hydroxyl groups is 2. The number of aryl methyl sites for hydroxylation is 1. The molecule has 0 bridgehead atoms. The van der Waals surface area contributed by atoms with Gasteiger partial charge >= 0.3 is 0 Å². The van der Waals surface area contributed by atoms with E-state index >= 15 is 0 Å². The Morgan fingerprint density at radius 2 is 2.19 bits per heavy atom. The van der Waals surface area contributed by atoms with Crippen LogP contribution in [0, 0.1) is 0 Å². The van der Waals surface area contributed by atoms with Crippen LogP contribution in [0.4, 0.5) is 0 Å². The van der Waals surface area contributed by atoms with Crippen molar-refractivity contribution in [1.82, 2.24) is 24.6 Å². The number of aliphatic hydroxyl groups excluding tert-OH is 2. The third-order valence-electron chi connectivity index (χ3n) is 4.68. The number of fused-ring (bicyclic) bond motifs is 2. The molecule has 3 heterocycles. The Balaban J connectivity index is 1.60. The summed E-state index contributed by atoms with van der Waals surface area (Å²) in [5.41, 5.74) is 3.59. The second-order valence-corrected chi connectivity index (χ2v) is 6.61. The number of benzene rings is 1. The Morgan fingerprint density at radius 3 is 2.96 bits per heavy atom. The highest BCUT2D eigenvalue weighted by atomic mass is 16.3. The Bertz CT molecular complexity index is 959. The number of aromatic amines is 1. The zero-order chi connectivity index (χ0) is 18.3. The van der Waals surface area contributed by atoms with Crippen molar-refractivity contribution in [1.29, 1.82) is 0 Å². The van der Waals surface area contributed by atoms with E-state index in [9.17, 15) is 15.0 Å². The van der Waals surface area contributed by atoms with Gasteiger partial charge in [-0.25, -0.2) is 4.98 Å². The van der Waals surface area contributed by atoms with Gasteiger partial charge in [0.15, 0.2) is 0 Å². The molecule has 0 fully saturated rings. The highest BCUT2D eigenvalue weighted by Gasteiger charge is 2.23. The minimum atomic E-state index is -0.623.